The van der Waals surface area contributed by atoms with Crippen molar-refractivity contribution in [2.24, 2.45) is 0 Å². The lowest BCUT2D eigenvalue weighted by atomic mass is 10.0. The summed E-state index contributed by atoms with van der Waals surface area (Å²) in [7, 11) is 0. The highest BCUT2D eigenvalue weighted by atomic mass is 16.5. The minimum atomic E-state index is 0.0817. The highest BCUT2D eigenvalue weighted by molar-refractivity contribution is 5.78. The third-order valence-corrected chi connectivity index (χ3v) is 4.61. The Morgan fingerprint density at radius 1 is 1.36 bits per heavy atom. The number of carbonyl (C=O) groups is 1. The molecule has 1 aromatic rings. The highest BCUT2D eigenvalue weighted by Gasteiger charge is 2.24. The minimum Gasteiger partial charge on any atom is -0.381 e. The zero-order chi connectivity index (χ0) is 17.8. The van der Waals surface area contributed by atoms with E-state index in [9.17, 15) is 4.79 Å². The third kappa shape index (κ3) is 4.79. The van der Waals surface area contributed by atoms with Gasteiger partial charge in [-0.3, -0.25) is 9.69 Å². The predicted molar refractivity (Wildman–Crippen MR) is 96.6 cm³/mol. The van der Waals surface area contributed by atoms with Crippen LogP contribution in [0.1, 0.15) is 31.9 Å². The second-order valence-corrected chi connectivity index (χ2v) is 7.06. The maximum atomic E-state index is 11.9. The summed E-state index contributed by atoms with van der Waals surface area (Å²) in [5.74, 6) is 1.59. The van der Waals surface area contributed by atoms with E-state index in [2.05, 4.69) is 25.1 Å². The zero-order valence-electron chi connectivity index (χ0n) is 15.1. The Kier molecular flexibility index (Phi) is 5.70. The fourth-order valence-electron chi connectivity index (χ4n) is 3.32. The smallest absolute Gasteiger partial charge is 0.234 e. The fourth-order valence-corrected chi connectivity index (χ4v) is 3.32. The highest BCUT2D eigenvalue weighted by Crippen LogP contribution is 2.27. The molecule has 2 fully saturated rings. The van der Waals surface area contributed by atoms with Crippen molar-refractivity contribution in [3.05, 3.63) is 11.8 Å². The number of ether oxygens (including phenoxy) is 1. The molecule has 0 radical (unpaired) electrons. The molecule has 2 aliphatic heterocycles. The predicted octanol–water partition coefficient (Wildman–Crippen LogP) is 0.209. The van der Waals surface area contributed by atoms with Crippen LogP contribution in [0.5, 0.6) is 0 Å². The zero-order valence-corrected chi connectivity index (χ0v) is 15.1. The number of anilines is 2. The van der Waals surface area contributed by atoms with Crippen LogP contribution in [0.25, 0.3) is 0 Å². The molecule has 1 aromatic heterocycles. The van der Waals surface area contributed by atoms with Crippen LogP contribution < -0.4 is 16.0 Å². The van der Waals surface area contributed by atoms with E-state index < -0.39 is 0 Å². The Morgan fingerprint density at radius 2 is 2.12 bits per heavy atom. The first-order valence-corrected chi connectivity index (χ1v) is 9.00. The summed E-state index contributed by atoms with van der Waals surface area (Å²) in [6, 6.07) is 2.22. The Labute approximate surface area is 148 Å². The van der Waals surface area contributed by atoms with Crippen LogP contribution in [0.4, 0.5) is 11.8 Å². The van der Waals surface area contributed by atoms with E-state index in [1.807, 2.05) is 19.9 Å². The van der Waals surface area contributed by atoms with Gasteiger partial charge in [0.15, 0.2) is 0 Å². The van der Waals surface area contributed by atoms with E-state index in [4.69, 9.17) is 10.5 Å². The first kappa shape index (κ1) is 17.9. The van der Waals surface area contributed by atoms with Crippen molar-refractivity contribution in [3.8, 4) is 0 Å². The number of amides is 1. The van der Waals surface area contributed by atoms with Gasteiger partial charge >= 0.3 is 0 Å². The molecule has 1 amide bonds. The molecule has 0 bridgehead atoms. The molecule has 138 valence electrons. The van der Waals surface area contributed by atoms with Crippen molar-refractivity contribution in [2.75, 3.05) is 56.6 Å². The standard InChI is InChI=1S/C17H28N6O2/c1-12(2)19-16(24)10-22-4-6-23(7-5-22)15-9-14(20-17(18)21-15)13-3-8-25-11-13/h9,12-13H,3-8,10-11H2,1-2H3,(H,19,24)(H2,18,20,21)/t13-/m0/s1. The van der Waals surface area contributed by atoms with E-state index in [1.165, 1.54) is 0 Å². The van der Waals surface area contributed by atoms with Gasteiger partial charge in [0.05, 0.1) is 18.8 Å². The minimum absolute atomic E-state index is 0.0817. The lowest BCUT2D eigenvalue weighted by molar-refractivity contribution is -0.122. The number of hydrogen-bond acceptors (Lipinski definition) is 7. The number of nitrogens with one attached hydrogen (secondary N) is 1. The van der Waals surface area contributed by atoms with Crippen molar-refractivity contribution >= 4 is 17.7 Å². The van der Waals surface area contributed by atoms with E-state index in [1.54, 1.807) is 0 Å². The maximum Gasteiger partial charge on any atom is 0.234 e. The molecule has 3 N–H and O–H groups in total. The molecule has 0 unspecified atom stereocenters. The van der Waals surface area contributed by atoms with E-state index in [0.717, 1.165) is 50.7 Å². The van der Waals surface area contributed by atoms with E-state index in [-0.39, 0.29) is 11.9 Å². The number of hydrogen-bond donors (Lipinski definition) is 2. The third-order valence-electron chi connectivity index (χ3n) is 4.61. The molecule has 1 atom stereocenters. The summed E-state index contributed by atoms with van der Waals surface area (Å²) in [5.41, 5.74) is 6.89. The van der Waals surface area contributed by atoms with Crippen molar-refractivity contribution < 1.29 is 9.53 Å². The molecule has 0 spiro atoms. The van der Waals surface area contributed by atoms with Crippen molar-refractivity contribution in [1.82, 2.24) is 20.2 Å². The van der Waals surface area contributed by atoms with Gasteiger partial charge in [0.1, 0.15) is 5.82 Å². The molecular weight excluding hydrogens is 320 g/mol. The Bertz CT molecular complexity index is 595. The largest absolute Gasteiger partial charge is 0.381 e. The van der Waals surface area contributed by atoms with Crippen molar-refractivity contribution in [3.63, 3.8) is 0 Å². The van der Waals surface area contributed by atoms with Gasteiger partial charge in [-0.1, -0.05) is 0 Å². The van der Waals surface area contributed by atoms with Crippen LogP contribution in [-0.2, 0) is 9.53 Å². The number of nitrogens with two attached hydrogens (primary N) is 1. The lowest BCUT2D eigenvalue weighted by Crippen LogP contribution is -2.50. The van der Waals surface area contributed by atoms with Gasteiger partial charge in [0, 0.05) is 50.8 Å². The first-order chi connectivity index (χ1) is 12.0. The maximum absolute atomic E-state index is 11.9. The first-order valence-electron chi connectivity index (χ1n) is 9.00. The SMILES string of the molecule is CC(C)NC(=O)CN1CCN(c2cc([C@H]3CCOC3)nc(N)n2)CC1. The molecular formula is C17H28N6O2. The monoisotopic (exact) mass is 348 g/mol. The molecule has 3 rings (SSSR count). The average molecular weight is 348 g/mol. The fraction of sp³-hybridized carbons (Fsp3) is 0.706. The van der Waals surface area contributed by atoms with Gasteiger partial charge in [-0.05, 0) is 20.3 Å². The van der Waals surface area contributed by atoms with Gasteiger partial charge in [0.2, 0.25) is 11.9 Å². The molecule has 0 saturated carbocycles. The topological polar surface area (TPSA) is 96.6 Å². The Hall–Kier alpha value is -1.93. The van der Waals surface area contributed by atoms with Crippen LogP contribution in [0, 0.1) is 0 Å². The van der Waals surface area contributed by atoms with Crippen LogP contribution in [0.15, 0.2) is 6.07 Å². The summed E-state index contributed by atoms with van der Waals surface area (Å²) in [4.78, 5) is 25.1. The summed E-state index contributed by atoms with van der Waals surface area (Å²) < 4.78 is 5.46. The molecule has 3 heterocycles. The normalized spacial score (nSPS) is 21.7. The second kappa shape index (κ2) is 7.97. The molecule has 2 saturated heterocycles. The number of nitrogens with zero attached hydrogens (tertiary/aromatic N) is 4. The number of piperazine rings is 1. The Morgan fingerprint density at radius 3 is 2.76 bits per heavy atom. The van der Waals surface area contributed by atoms with E-state index in [0.29, 0.717) is 25.0 Å². The number of aromatic nitrogens is 2. The van der Waals surface area contributed by atoms with Gasteiger partial charge in [-0.15, -0.1) is 0 Å². The van der Waals surface area contributed by atoms with Crippen molar-refractivity contribution in [1.29, 1.82) is 0 Å². The molecule has 0 aliphatic carbocycles. The second-order valence-electron chi connectivity index (χ2n) is 7.06. The summed E-state index contributed by atoms with van der Waals surface area (Å²) in [6.45, 7) is 9.19. The van der Waals surface area contributed by atoms with Crippen LogP contribution in [0.3, 0.4) is 0 Å². The van der Waals surface area contributed by atoms with Gasteiger partial charge in [0.25, 0.3) is 0 Å². The van der Waals surface area contributed by atoms with Crippen LogP contribution in [0.2, 0.25) is 0 Å². The molecule has 0 aromatic carbocycles. The average Bonchev–Trinajstić information content (AvgIpc) is 3.08. The number of nitrogen functional groups attached to an aromatic ring is 1. The van der Waals surface area contributed by atoms with Gasteiger partial charge < -0.3 is 20.7 Å². The summed E-state index contributed by atoms with van der Waals surface area (Å²) in [6.07, 6.45) is 0.981. The molecule has 2 aliphatic rings. The van der Waals surface area contributed by atoms with Crippen molar-refractivity contribution in [2.45, 2.75) is 32.2 Å². The van der Waals surface area contributed by atoms with E-state index >= 15 is 0 Å². The lowest BCUT2D eigenvalue weighted by Gasteiger charge is -2.35. The molecule has 8 nitrogen and oxygen atoms in total. The number of rotatable bonds is 5. The molecule has 25 heavy (non-hydrogen) atoms. The van der Waals surface area contributed by atoms with Gasteiger partial charge in [-0.25, -0.2) is 4.98 Å². The van der Waals surface area contributed by atoms with Crippen LogP contribution in [-0.4, -0.2) is 72.8 Å². The Balaban J connectivity index is 1.58. The van der Waals surface area contributed by atoms with Crippen LogP contribution >= 0.6 is 0 Å². The number of carbonyl (C=O) groups excluding carboxylic acids is 1. The molecule has 8 heteroatoms. The van der Waals surface area contributed by atoms with Gasteiger partial charge in [-0.2, -0.15) is 4.98 Å². The summed E-state index contributed by atoms with van der Waals surface area (Å²) in [5, 5.41) is 2.94. The quantitative estimate of drug-likeness (QED) is 0.785. The summed E-state index contributed by atoms with van der Waals surface area (Å²) >= 11 is 0.